The summed E-state index contributed by atoms with van der Waals surface area (Å²) in [6.07, 6.45) is -2.79. The molecule has 0 aliphatic heterocycles. The molecule has 0 aliphatic carbocycles. The third-order valence-corrected chi connectivity index (χ3v) is 4.46. The van der Waals surface area contributed by atoms with E-state index in [1.165, 1.54) is 12.1 Å². The number of benzene rings is 1. The van der Waals surface area contributed by atoms with E-state index in [2.05, 4.69) is 15.9 Å². The van der Waals surface area contributed by atoms with Crippen molar-refractivity contribution in [3.05, 3.63) is 26.7 Å². The summed E-state index contributed by atoms with van der Waals surface area (Å²) >= 11 is 14.5. The zero-order valence-electron chi connectivity index (χ0n) is 8.05. The standard InChI is InChI=1S/C8H6BrCl2F2NO2S/c9-4-1-5(10)8(6(11)2-4)17(15,16)14-3-7(12)13/h1-2,7,14H,3H2. The Balaban J connectivity index is 3.16. The largest absolute Gasteiger partial charge is 0.251 e. The van der Waals surface area contributed by atoms with Crippen molar-refractivity contribution in [3.63, 3.8) is 0 Å². The topological polar surface area (TPSA) is 46.2 Å². The molecule has 0 saturated carbocycles. The molecule has 0 saturated heterocycles. The molecule has 1 N–H and O–H groups in total. The predicted octanol–water partition coefficient (Wildman–Crippen LogP) is 3.30. The molecule has 3 nitrogen and oxygen atoms in total. The van der Waals surface area contributed by atoms with Crippen molar-refractivity contribution in [2.24, 2.45) is 0 Å². The van der Waals surface area contributed by atoms with Crippen molar-refractivity contribution in [1.82, 2.24) is 4.72 Å². The van der Waals surface area contributed by atoms with Gasteiger partial charge >= 0.3 is 0 Å². The van der Waals surface area contributed by atoms with Gasteiger partial charge in [-0.3, -0.25) is 0 Å². The second-order valence-electron chi connectivity index (χ2n) is 2.94. The van der Waals surface area contributed by atoms with Crippen molar-refractivity contribution in [2.45, 2.75) is 11.3 Å². The van der Waals surface area contributed by atoms with Crippen LogP contribution in [0, 0.1) is 0 Å². The first-order valence-corrected chi connectivity index (χ1v) is 7.19. The van der Waals surface area contributed by atoms with E-state index in [0.717, 1.165) is 0 Å². The Morgan fingerprint density at radius 3 is 2.18 bits per heavy atom. The number of hydrogen-bond acceptors (Lipinski definition) is 2. The lowest BCUT2D eigenvalue weighted by Gasteiger charge is -2.10. The predicted molar refractivity (Wildman–Crippen MR) is 65.4 cm³/mol. The summed E-state index contributed by atoms with van der Waals surface area (Å²) in [7, 11) is -4.15. The molecule has 0 spiro atoms. The van der Waals surface area contributed by atoms with Crippen LogP contribution in [-0.2, 0) is 10.0 Å². The van der Waals surface area contributed by atoms with Crippen molar-refractivity contribution in [2.75, 3.05) is 6.54 Å². The molecule has 1 aromatic carbocycles. The molecular weight excluding hydrogens is 363 g/mol. The lowest BCUT2D eigenvalue weighted by atomic mass is 10.4. The van der Waals surface area contributed by atoms with Crippen LogP contribution in [-0.4, -0.2) is 21.4 Å². The summed E-state index contributed by atoms with van der Waals surface area (Å²) in [6, 6.07) is 2.62. The molecule has 0 unspecified atom stereocenters. The maximum atomic E-state index is 11.9. The fraction of sp³-hybridized carbons (Fsp3) is 0.250. The molecule has 0 aliphatic rings. The van der Waals surface area contributed by atoms with E-state index >= 15 is 0 Å². The van der Waals surface area contributed by atoms with E-state index in [-0.39, 0.29) is 10.0 Å². The van der Waals surface area contributed by atoms with E-state index in [0.29, 0.717) is 4.47 Å². The van der Waals surface area contributed by atoms with Crippen LogP contribution in [0.5, 0.6) is 0 Å². The van der Waals surface area contributed by atoms with Crippen LogP contribution in [0.2, 0.25) is 10.0 Å². The summed E-state index contributed by atoms with van der Waals surface area (Å²) < 4.78 is 49.4. The van der Waals surface area contributed by atoms with Gasteiger partial charge < -0.3 is 0 Å². The summed E-state index contributed by atoms with van der Waals surface area (Å²) in [4.78, 5) is -0.412. The van der Waals surface area contributed by atoms with Crippen LogP contribution in [0.15, 0.2) is 21.5 Å². The SMILES string of the molecule is O=S(=O)(NCC(F)F)c1c(Cl)cc(Br)cc1Cl. The molecule has 0 aromatic heterocycles. The maximum absolute atomic E-state index is 11.9. The van der Waals surface area contributed by atoms with Gasteiger partial charge in [0.25, 0.3) is 6.43 Å². The van der Waals surface area contributed by atoms with Crippen molar-refractivity contribution >= 4 is 49.2 Å². The fourth-order valence-electron chi connectivity index (χ4n) is 1.03. The van der Waals surface area contributed by atoms with E-state index in [4.69, 9.17) is 23.2 Å². The van der Waals surface area contributed by atoms with Crippen LogP contribution in [0.1, 0.15) is 0 Å². The minimum absolute atomic E-state index is 0.147. The second-order valence-corrected chi connectivity index (χ2v) is 6.38. The first kappa shape index (κ1) is 15.1. The lowest BCUT2D eigenvalue weighted by Crippen LogP contribution is -2.29. The Labute approximate surface area is 115 Å². The highest BCUT2D eigenvalue weighted by Crippen LogP contribution is 2.32. The van der Waals surface area contributed by atoms with Crippen LogP contribution in [0.3, 0.4) is 0 Å². The van der Waals surface area contributed by atoms with Gasteiger partial charge in [-0.05, 0) is 12.1 Å². The van der Waals surface area contributed by atoms with E-state index < -0.39 is 27.9 Å². The van der Waals surface area contributed by atoms with Gasteiger partial charge in [-0.25, -0.2) is 21.9 Å². The van der Waals surface area contributed by atoms with Gasteiger partial charge in [-0.1, -0.05) is 39.1 Å². The average molecular weight is 369 g/mol. The molecule has 1 aromatic rings. The van der Waals surface area contributed by atoms with Gasteiger partial charge in [0.05, 0.1) is 16.6 Å². The number of halogens is 5. The van der Waals surface area contributed by atoms with Gasteiger partial charge in [0.15, 0.2) is 0 Å². The summed E-state index contributed by atoms with van der Waals surface area (Å²) in [5.74, 6) is 0. The van der Waals surface area contributed by atoms with E-state index in [1.807, 2.05) is 0 Å². The molecule has 0 bridgehead atoms. The summed E-state index contributed by atoms with van der Waals surface area (Å²) in [6.45, 7) is -0.995. The molecule has 0 radical (unpaired) electrons. The Bertz CT molecular complexity index is 501. The van der Waals surface area contributed by atoms with Crippen LogP contribution >= 0.6 is 39.1 Å². The van der Waals surface area contributed by atoms with Crippen LogP contribution in [0.4, 0.5) is 8.78 Å². The zero-order chi connectivity index (χ0) is 13.2. The van der Waals surface area contributed by atoms with E-state index in [9.17, 15) is 17.2 Å². The Morgan fingerprint density at radius 1 is 1.29 bits per heavy atom. The number of sulfonamides is 1. The van der Waals surface area contributed by atoms with Crippen molar-refractivity contribution < 1.29 is 17.2 Å². The summed E-state index contributed by atoms with van der Waals surface area (Å²) in [5, 5.41) is -0.294. The van der Waals surface area contributed by atoms with Gasteiger partial charge in [-0.2, -0.15) is 0 Å². The Morgan fingerprint density at radius 2 is 1.76 bits per heavy atom. The highest BCUT2D eigenvalue weighted by atomic mass is 79.9. The quantitative estimate of drug-likeness (QED) is 0.886. The van der Waals surface area contributed by atoms with Gasteiger partial charge in [0, 0.05) is 4.47 Å². The highest BCUT2D eigenvalue weighted by molar-refractivity contribution is 9.10. The van der Waals surface area contributed by atoms with Gasteiger partial charge in [0.2, 0.25) is 10.0 Å². The number of alkyl halides is 2. The second kappa shape index (κ2) is 5.79. The van der Waals surface area contributed by atoms with E-state index in [1.54, 1.807) is 4.72 Å². The average Bonchev–Trinajstić information content (AvgIpc) is 2.12. The van der Waals surface area contributed by atoms with Crippen LogP contribution in [0.25, 0.3) is 0 Å². The van der Waals surface area contributed by atoms with Crippen molar-refractivity contribution in [1.29, 1.82) is 0 Å². The molecule has 1 rings (SSSR count). The molecule has 17 heavy (non-hydrogen) atoms. The third-order valence-electron chi connectivity index (χ3n) is 1.66. The molecular formula is C8H6BrCl2F2NO2S. The first-order valence-electron chi connectivity index (χ1n) is 4.16. The molecule has 0 atom stereocenters. The fourth-order valence-corrected chi connectivity index (χ4v) is 3.97. The lowest BCUT2D eigenvalue weighted by molar-refractivity contribution is 0.153. The first-order chi connectivity index (χ1) is 7.74. The zero-order valence-corrected chi connectivity index (χ0v) is 12.0. The summed E-state index contributed by atoms with van der Waals surface area (Å²) in [5.41, 5.74) is 0. The molecule has 96 valence electrons. The molecule has 0 heterocycles. The maximum Gasteiger partial charge on any atom is 0.251 e. The smallest absolute Gasteiger partial charge is 0.209 e. The number of nitrogens with one attached hydrogen (secondary N) is 1. The Kier molecular flexibility index (Phi) is 5.15. The normalized spacial score (nSPS) is 12.1. The van der Waals surface area contributed by atoms with Crippen LogP contribution < -0.4 is 4.72 Å². The van der Waals surface area contributed by atoms with Gasteiger partial charge in [0.1, 0.15) is 4.90 Å². The number of rotatable bonds is 4. The molecule has 9 heteroatoms. The van der Waals surface area contributed by atoms with Gasteiger partial charge in [-0.15, -0.1) is 0 Å². The van der Waals surface area contributed by atoms with Crippen molar-refractivity contribution in [3.8, 4) is 0 Å². The minimum atomic E-state index is -4.15. The minimum Gasteiger partial charge on any atom is -0.209 e. The third kappa shape index (κ3) is 4.03. The Hall–Kier alpha value is 0.0500. The highest BCUT2D eigenvalue weighted by Gasteiger charge is 2.23. The molecule has 0 amide bonds. The number of hydrogen-bond donors (Lipinski definition) is 1. The molecule has 0 fully saturated rings. The monoisotopic (exact) mass is 367 g/mol.